The van der Waals surface area contributed by atoms with Crippen LogP contribution in [0.5, 0.6) is 0 Å². The molecular weight excluding hydrogens is 236 g/mol. The van der Waals surface area contributed by atoms with Crippen molar-refractivity contribution in [3.63, 3.8) is 0 Å². The van der Waals surface area contributed by atoms with Crippen molar-refractivity contribution in [3.05, 3.63) is 11.6 Å². The van der Waals surface area contributed by atoms with Gasteiger partial charge in [0.2, 0.25) is 0 Å². The minimum Gasteiger partial charge on any atom is -0.324 e. The van der Waals surface area contributed by atoms with Crippen LogP contribution in [0.4, 0.5) is 0 Å². The second-order valence-electron chi connectivity index (χ2n) is 6.88. The van der Waals surface area contributed by atoms with Gasteiger partial charge >= 0.3 is 0 Å². The maximum Gasteiger partial charge on any atom is 0.146 e. The number of aromatic nitrogens is 3. The zero-order valence-corrected chi connectivity index (χ0v) is 11.8. The van der Waals surface area contributed by atoms with Crippen LogP contribution in [0.2, 0.25) is 0 Å². The van der Waals surface area contributed by atoms with Crippen molar-refractivity contribution < 1.29 is 0 Å². The van der Waals surface area contributed by atoms with Crippen LogP contribution < -0.4 is 5.73 Å². The number of nitrogens with two attached hydrogens (primary N) is 1. The van der Waals surface area contributed by atoms with E-state index in [1.807, 2.05) is 0 Å². The van der Waals surface area contributed by atoms with Gasteiger partial charge in [-0.15, -0.1) is 10.2 Å². The third-order valence-corrected chi connectivity index (χ3v) is 5.88. The van der Waals surface area contributed by atoms with Crippen LogP contribution in [0.3, 0.4) is 0 Å². The lowest BCUT2D eigenvalue weighted by Gasteiger charge is -2.54. The van der Waals surface area contributed by atoms with E-state index < -0.39 is 0 Å². The van der Waals surface area contributed by atoms with Crippen LogP contribution in [-0.2, 0) is 13.1 Å². The molecule has 0 spiro atoms. The third-order valence-electron chi connectivity index (χ3n) is 5.88. The molecule has 4 aliphatic carbocycles. The minimum absolute atomic E-state index is 0.508. The summed E-state index contributed by atoms with van der Waals surface area (Å²) in [5.74, 6) is 6.66. The molecule has 4 heteroatoms. The van der Waals surface area contributed by atoms with Crippen molar-refractivity contribution >= 4 is 0 Å². The number of nitrogens with zero attached hydrogens (tertiary/aromatic N) is 3. The molecule has 4 aliphatic rings. The first-order valence-electron chi connectivity index (χ1n) is 7.92. The van der Waals surface area contributed by atoms with Gasteiger partial charge in [0.05, 0.1) is 6.54 Å². The van der Waals surface area contributed by atoms with Gasteiger partial charge in [0.1, 0.15) is 11.6 Å². The average molecular weight is 260 g/mol. The standard InChI is InChI=1S/C15H24N4/c1-2-19-13(8-16)17-18-15(19)14-11-4-9-3-10(6-11)7-12(14)5-9/h9-12,14H,2-8,16H2,1H3. The van der Waals surface area contributed by atoms with Crippen molar-refractivity contribution in [3.8, 4) is 0 Å². The highest BCUT2D eigenvalue weighted by Crippen LogP contribution is 2.59. The Morgan fingerprint density at radius 3 is 2.21 bits per heavy atom. The lowest BCUT2D eigenvalue weighted by molar-refractivity contribution is -0.00687. The van der Waals surface area contributed by atoms with E-state index in [0.717, 1.165) is 36.0 Å². The second-order valence-corrected chi connectivity index (χ2v) is 6.88. The Morgan fingerprint density at radius 1 is 1.05 bits per heavy atom. The molecule has 19 heavy (non-hydrogen) atoms. The Morgan fingerprint density at radius 2 is 1.68 bits per heavy atom. The molecule has 4 nitrogen and oxygen atoms in total. The molecule has 0 amide bonds. The Balaban J connectivity index is 1.71. The maximum atomic E-state index is 5.79. The molecule has 5 rings (SSSR count). The molecule has 4 saturated carbocycles. The molecule has 1 aromatic heterocycles. The Kier molecular flexibility index (Phi) is 2.69. The van der Waals surface area contributed by atoms with Gasteiger partial charge in [-0.1, -0.05) is 0 Å². The summed E-state index contributed by atoms with van der Waals surface area (Å²) in [5.41, 5.74) is 5.79. The number of rotatable bonds is 3. The van der Waals surface area contributed by atoms with E-state index in [0.29, 0.717) is 12.5 Å². The number of hydrogen-bond donors (Lipinski definition) is 1. The molecule has 0 saturated heterocycles. The number of hydrogen-bond acceptors (Lipinski definition) is 3. The highest BCUT2D eigenvalue weighted by Gasteiger charge is 2.50. The van der Waals surface area contributed by atoms with Crippen LogP contribution >= 0.6 is 0 Å². The predicted molar refractivity (Wildman–Crippen MR) is 73.4 cm³/mol. The normalized spacial score (nSPS) is 40.0. The van der Waals surface area contributed by atoms with E-state index in [2.05, 4.69) is 21.7 Å². The van der Waals surface area contributed by atoms with Gasteiger partial charge in [0, 0.05) is 12.5 Å². The first kappa shape index (κ1) is 11.9. The van der Waals surface area contributed by atoms with Crippen molar-refractivity contribution in [1.29, 1.82) is 0 Å². The van der Waals surface area contributed by atoms with Crippen LogP contribution in [-0.4, -0.2) is 14.8 Å². The third kappa shape index (κ3) is 1.69. The van der Waals surface area contributed by atoms with Crippen LogP contribution in [0.15, 0.2) is 0 Å². The van der Waals surface area contributed by atoms with Crippen LogP contribution in [0.1, 0.15) is 56.6 Å². The largest absolute Gasteiger partial charge is 0.324 e. The molecule has 0 unspecified atom stereocenters. The summed E-state index contributed by atoms with van der Waals surface area (Å²) >= 11 is 0. The van der Waals surface area contributed by atoms with Crippen molar-refractivity contribution in [2.75, 3.05) is 0 Å². The fourth-order valence-corrected chi connectivity index (χ4v) is 5.44. The molecule has 4 bridgehead atoms. The monoisotopic (exact) mass is 260 g/mol. The fourth-order valence-electron chi connectivity index (χ4n) is 5.44. The molecule has 0 atom stereocenters. The van der Waals surface area contributed by atoms with Gasteiger partial charge in [0.25, 0.3) is 0 Å². The summed E-state index contributed by atoms with van der Waals surface area (Å²) in [6.07, 6.45) is 7.25. The van der Waals surface area contributed by atoms with Gasteiger partial charge in [0.15, 0.2) is 0 Å². The highest BCUT2D eigenvalue weighted by molar-refractivity contribution is 5.12. The van der Waals surface area contributed by atoms with Gasteiger partial charge < -0.3 is 10.3 Å². The Labute approximate surface area is 114 Å². The molecule has 4 fully saturated rings. The summed E-state index contributed by atoms with van der Waals surface area (Å²) in [7, 11) is 0. The molecule has 0 aliphatic heterocycles. The summed E-state index contributed by atoms with van der Waals surface area (Å²) in [6.45, 7) is 3.65. The van der Waals surface area contributed by atoms with E-state index in [1.54, 1.807) is 0 Å². The second kappa shape index (κ2) is 4.30. The van der Waals surface area contributed by atoms with Crippen molar-refractivity contribution in [2.24, 2.45) is 29.4 Å². The summed E-state index contributed by atoms with van der Waals surface area (Å²) < 4.78 is 2.28. The molecule has 0 aromatic carbocycles. The summed E-state index contributed by atoms with van der Waals surface area (Å²) in [6, 6.07) is 0. The van der Waals surface area contributed by atoms with E-state index in [4.69, 9.17) is 5.73 Å². The van der Waals surface area contributed by atoms with Crippen molar-refractivity contribution in [1.82, 2.24) is 14.8 Å². The van der Waals surface area contributed by atoms with Crippen LogP contribution in [0, 0.1) is 23.7 Å². The van der Waals surface area contributed by atoms with E-state index in [-0.39, 0.29) is 0 Å². The quantitative estimate of drug-likeness (QED) is 0.907. The van der Waals surface area contributed by atoms with E-state index in [9.17, 15) is 0 Å². The van der Waals surface area contributed by atoms with Crippen LogP contribution in [0.25, 0.3) is 0 Å². The first-order chi connectivity index (χ1) is 9.30. The van der Waals surface area contributed by atoms with Crippen molar-refractivity contribution in [2.45, 2.75) is 58.0 Å². The first-order valence-corrected chi connectivity index (χ1v) is 7.92. The molecule has 104 valence electrons. The average Bonchev–Trinajstić information content (AvgIpc) is 2.80. The lowest BCUT2D eigenvalue weighted by Crippen LogP contribution is -2.44. The maximum absolute atomic E-state index is 5.79. The molecule has 1 heterocycles. The smallest absolute Gasteiger partial charge is 0.146 e. The Bertz CT molecular complexity index is 450. The zero-order valence-electron chi connectivity index (χ0n) is 11.8. The highest BCUT2D eigenvalue weighted by atomic mass is 15.3. The molecular formula is C15H24N4. The van der Waals surface area contributed by atoms with E-state index >= 15 is 0 Å². The minimum atomic E-state index is 0.508. The molecule has 2 N–H and O–H groups in total. The van der Waals surface area contributed by atoms with Gasteiger partial charge in [-0.3, -0.25) is 0 Å². The summed E-state index contributed by atoms with van der Waals surface area (Å²) in [4.78, 5) is 0. The topological polar surface area (TPSA) is 56.7 Å². The lowest BCUT2D eigenvalue weighted by atomic mass is 9.51. The zero-order chi connectivity index (χ0) is 13.0. The van der Waals surface area contributed by atoms with Gasteiger partial charge in [-0.2, -0.15) is 0 Å². The summed E-state index contributed by atoms with van der Waals surface area (Å²) in [5, 5.41) is 8.86. The molecule has 0 radical (unpaired) electrons. The Hall–Kier alpha value is -0.900. The molecule has 1 aromatic rings. The van der Waals surface area contributed by atoms with E-state index in [1.165, 1.54) is 37.9 Å². The fraction of sp³-hybridized carbons (Fsp3) is 0.867. The van der Waals surface area contributed by atoms with Gasteiger partial charge in [-0.05, 0) is 62.7 Å². The van der Waals surface area contributed by atoms with Gasteiger partial charge in [-0.25, -0.2) is 0 Å². The predicted octanol–water partition coefficient (Wildman–Crippen LogP) is 2.30. The SMILES string of the molecule is CCn1c(CN)nnc1C1C2CC3CC(C2)CC1C3.